The quantitative estimate of drug-likeness (QED) is 0.221. The second-order valence-electron chi connectivity index (χ2n) is 10.3. The fourth-order valence-corrected chi connectivity index (χ4v) is 6.50. The van der Waals surface area contributed by atoms with E-state index in [0.717, 1.165) is 24.7 Å². The Hall–Kier alpha value is -3.81. The molecular formula is C27H28ClFN8O3S. The number of fused-ring (bicyclic) bond motifs is 1. The number of rotatable bonds is 9. The summed E-state index contributed by atoms with van der Waals surface area (Å²) in [6, 6.07) is 9.64. The monoisotopic (exact) mass is 598 g/mol. The number of sulfonamides is 1. The van der Waals surface area contributed by atoms with E-state index in [-0.39, 0.29) is 28.4 Å². The Kier molecular flexibility index (Phi) is 7.49. The number of aromatic nitrogens is 4. The van der Waals surface area contributed by atoms with E-state index in [1.165, 1.54) is 35.1 Å². The number of carbonyl (C=O) groups excluding carboxylic acids is 1. The zero-order valence-electron chi connectivity index (χ0n) is 21.8. The van der Waals surface area contributed by atoms with Crippen LogP contribution in [0.1, 0.15) is 49.0 Å². The van der Waals surface area contributed by atoms with Gasteiger partial charge in [-0.2, -0.15) is 0 Å². The van der Waals surface area contributed by atoms with Crippen LogP contribution in [0.25, 0.3) is 5.65 Å². The summed E-state index contributed by atoms with van der Waals surface area (Å²) in [5.41, 5.74) is 1.38. The standard InChI is InChI=1S/C27H28ClFN8O3S/c28-16-2-1-3-20(12-16)41(39,40)36-19-8-6-18(7-9-19)33-25-13-23(32-17-4-5-17)26-31-15-24(37(26)35-25)27(38)34-22-10-11-30-14-21(22)29/h1-3,10-15,17-19,32,36H,4-9H2,(H,33,35)(H,30,34,38)/t18-,19-. The number of carbonyl (C=O) groups is 1. The van der Waals surface area contributed by atoms with Crippen LogP contribution in [0.2, 0.25) is 5.02 Å². The van der Waals surface area contributed by atoms with Crippen LogP contribution >= 0.6 is 11.6 Å². The maximum absolute atomic E-state index is 14.1. The number of benzene rings is 1. The average Bonchev–Trinajstić information content (AvgIpc) is 3.66. The zero-order chi connectivity index (χ0) is 28.6. The molecular weight excluding hydrogens is 571 g/mol. The van der Waals surface area contributed by atoms with Crippen molar-refractivity contribution in [2.24, 2.45) is 0 Å². The number of hydrogen-bond donors (Lipinski definition) is 4. The first-order valence-electron chi connectivity index (χ1n) is 13.4. The molecule has 4 aromatic rings. The molecule has 2 saturated carbocycles. The Labute approximate surface area is 241 Å². The van der Waals surface area contributed by atoms with Crippen LogP contribution in [0.3, 0.4) is 0 Å². The van der Waals surface area contributed by atoms with Crippen molar-refractivity contribution in [2.45, 2.75) is 61.5 Å². The van der Waals surface area contributed by atoms with Crippen molar-refractivity contribution in [3.63, 3.8) is 0 Å². The van der Waals surface area contributed by atoms with Gasteiger partial charge in [-0.15, -0.1) is 5.10 Å². The van der Waals surface area contributed by atoms with Crippen molar-refractivity contribution >= 4 is 50.4 Å². The van der Waals surface area contributed by atoms with Gasteiger partial charge in [-0.3, -0.25) is 9.78 Å². The smallest absolute Gasteiger partial charge is 0.276 e. The van der Waals surface area contributed by atoms with Gasteiger partial charge in [0.2, 0.25) is 10.0 Å². The summed E-state index contributed by atoms with van der Waals surface area (Å²) in [6.07, 6.45) is 8.63. The molecule has 0 aliphatic heterocycles. The molecule has 6 rings (SSSR count). The summed E-state index contributed by atoms with van der Waals surface area (Å²) < 4.78 is 44.0. The fourth-order valence-electron chi connectivity index (χ4n) is 4.90. The highest BCUT2D eigenvalue weighted by molar-refractivity contribution is 7.89. The highest BCUT2D eigenvalue weighted by atomic mass is 35.5. The van der Waals surface area contributed by atoms with Gasteiger partial charge < -0.3 is 16.0 Å². The summed E-state index contributed by atoms with van der Waals surface area (Å²) in [6.45, 7) is 0. The minimum atomic E-state index is -3.68. The lowest BCUT2D eigenvalue weighted by molar-refractivity contribution is 0.102. The van der Waals surface area contributed by atoms with E-state index in [9.17, 15) is 17.6 Å². The highest BCUT2D eigenvalue weighted by Gasteiger charge is 2.28. The summed E-state index contributed by atoms with van der Waals surface area (Å²) in [7, 11) is -3.68. The molecule has 1 amide bonds. The van der Waals surface area contributed by atoms with Gasteiger partial charge in [0.05, 0.1) is 28.7 Å². The number of nitrogens with zero attached hydrogens (tertiary/aromatic N) is 4. The molecule has 0 radical (unpaired) electrons. The Morgan fingerprint density at radius 2 is 1.68 bits per heavy atom. The molecule has 0 spiro atoms. The van der Waals surface area contributed by atoms with E-state index in [2.05, 4.69) is 35.7 Å². The lowest BCUT2D eigenvalue weighted by Crippen LogP contribution is -2.40. The number of halogens is 2. The molecule has 4 N–H and O–H groups in total. The predicted octanol–water partition coefficient (Wildman–Crippen LogP) is 4.45. The van der Waals surface area contributed by atoms with Crippen molar-refractivity contribution in [2.75, 3.05) is 16.0 Å². The van der Waals surface area contributed by atoms with Gasteiger partial charge >= 0.3 is 0 Å². The Morgan fingerprint density at radius 1 is 0.951 bits per heavy atom. The third-order valence-corrected chi connectivity index (χ3v) is 8.92. The van der Waals surface area contributed by atoms with Crippen LogP contribution in [-0.2, 0) is 10.0 Å². The molecule has 2 fully saturated rings. The van der Waals surface area contributed by atoms with E-state index in [4.69, 9.17) is 11.6 Å². The van der Waals surface area contributed by atoms with Crippen LogP contribution in [0.4, 0.5) is 21.6 Å². The Morgan fingerprint density at radius 3 is 2.41 bits per heavy atom. The summed E-state index contributed by atoms with van der Waals surface area (Å²) in [4.78, 5) is 21.3. The van der Waals surface area contributed by atoms with Crippen molar-refractivity contribution in [1.29, 1.82) is 0 Å². The molecule has 0 saturated heterocycles. The first kappa shape index (κ1) is 27.4. The van der Waals surface area contributed by atoms with Crippen LogP contribution in [0, 0.1) is 5.82 Å². The molecule has 11 nitrogen and oxygen atoms in total. The molecule has 0 atom stereocenters. The summed E-state index contributed by atoms with van der Waals surface area (Å²) in [5.74, 6) is -0.658. The third-order valence-electron chi connectivity index (χ3n) is 7.17. The summed E-state index contributed by atoms with van der Waals surface area (Å²) >= 11 is 5.97. The number of nitrogens with one attached hydrogen (secondary N) is 4. The number of pyridine rings is 1. The molecule has 3 aromatic heterocycles. The Balaban J connectivity index is 1.17. The van der Waals surface area contributed by atoms with E-state index >= 15 is 0 Å². The van der Waals surface area contributed by atoms with E-state index in [1.54, 1.807) is 12.1 Å². The van der Waals surface area contributed by atoms with Gasteiger partial charge in [-0.05, 0) is 62.8 Å². The van der Waals surface area contributed by atoms with E-state index < -0.39 is 21.7 Å². The first-order valence-corrected chi connectivity index (χ1v) is 15.2. The minimum absolute atomic E-state index is 0.00769. The number of amides is 1. The van der Waals surface area contributed by atoms with E-state index in [0.29, 0.717) is 48.2 Å². The predicted molar refractivity (Wildman–Crippen MR) is 153 cm³/mol. The van der Waals surface area contributed by atoms with Gasteiger partial charge in [0.15, 0.2) is 17.2 Å². The average molecular weight is 599 g/mol. The number of imidazole rings is 1. The summed E-state index contributed by atoms with van der Waals surface area (Å²) in [5, 5.41) is 14.5. The van der Waals surface area contributed by atoms with Crippen LogP contribution in [0.5, 0.6) is 0 Å². The number of hydrogen-bond acceptors (Lipinski definition) is 8. The molecule has 0 unspecified atom stereocenters. The molecule has 14 heteroatoms. The highest BCUT2D eigenvalue weighted by Crippen LogP contribution is 2.30. The van der Waals surface area contributed by atoms with Gasteiger partial charge in [-0.1, -0.05) is 17.7 Å². The molecule has 2 aliphatic rings. The molecule has 214 valence electrons. The topological polar surface area (TPSA) is 142 Å². The third kappa shape index (κ3) is 6.26. The van der Waals surface area contributed by atoms with Crippen molar-refractivity contribution in [3.05, 3.63) is 71.5 Å². The molecule has 1 aromatic carbocycles. The molecule has 0 bridgehead atoms. The van der Waals surface area contributed by atoms with Crippen LogP contribution in [0.15, 0.2) is 59.9 Å². The fraction of sp³-hybridized carbons (Fsp3) is 0.333. The van der Waals surface area contributed by atoms with E-state index in [1.807, 2.05) is 6.07 Å². The van der Waals surface area contributed by atoms with Crippen LogP contribution < -0.4 is 20.7 Å². The lowest BCUT2D eigenvalue weighted by Gasteiger charge is -2.30. The Bertz CT molecular complexity index is 1700. The normalized spacial score (nSPS) is 19.2. The van der Waals surface area contributed by atoms with Gasteiger partial charge in [-0.25, -0.2) is 27.0 Å². The minimum Gasteiger partial charge on any atom is -0.379 e. The lowest BCUT2D eigenvalue weighted by atomic mass is 9.92. The number of anilines is 3. The largest absolute Gasteiger partial charge is 0.379 e. The van der Waals surface area contributed by atoms with Gasteiger partial charge in [0.1, 0.15) is 5.82 Å². The SMILES string of the molecule is O=C(Nc1ccncc1F)c1cnc2c(NC3CC3)cc(N[C@H]3CC[C@H](NS(=O)(=O)c4cccc(Cl)c4)CC3)nn12. The maximum Gasteiger partial charge on any atom is 0.276 e. The van der Waals surface area contributed by atoms with Gasteiger partial charge in [0.25, 0.3) is 5.91 Å². The second kappa shape index (κ2) is 11.2. The molecule has 2 aliphatic carbocycles. The maximum atomic E-state index is 14.1. The van der Waals surface area contributed by atoms with Crippen molar-refractivity contribution < 1.29 is 17.6 Å². The zero-order valence-corrected chi connectivity index (χ0v) is 23.4. The first-order chi connectivity index (χ1) is 19.7. The van der Waals surface area contributed by atoms with Crippen molar-refractivity contribution in [3.8, 4) is 0 Å². The van der Waals surface area contributed by atoms with Crippen molar-refractivity contribution in [1.82, 2.24) is 24.3 Å². The molecule has 41 heavy (non-hydrogen) atoms. The van der Waals surface area contributed by atoms with Crippen LogP contribution in [-0.4, -0.2) is 52.0 Å². The molecule has 3 heterocycles. The van der Waals surface area contributed by atoms with Gasteiger partial charge in [0, 0.05) is 35.4 Å². The second-order valence-corrected chi connectivity index (χ2v) is 12.5.